The second-order valence-corrected chi connectivity index (χ2v) is 5.51. The first kappa shape index (κ1) is 14.1. The normalized spacial score (nSPS) is 10.8. The first-order valence-electron chi connectivity index (χ1n) is 7.51. The highest BCUT2D eigenvalue weighted by atomic mass is 16.6. The van der Waals surface area contributed by atoms with Crippen LogP contribution in [0, 0.1) is 10.1 Å². The average Bonchev–Trinajstić information content (AvgIpc) is 3.05. The van der Waals surface area contributed by atoms with Crippen molar-refractivity contribution in [3.8, 4) is 22.4 Å². The van der Waals surface area contributed by atoms with E-state index in [0.29, 0.717) is 5.69 Å². The number of nitrogens with one attached hydrogen (secondary N) is 1. The van der Waals surface area contributed by atoms with Crippen LogP contribution >= 0.6 is 0 Å². The lowest BCUT2D eigenvalue weighted by Gasteiger charge is -2.04. The van der Waals surface area contributed by atoms with E-state index in [0.717, 1.165) is 27.6 Å². The first-order chi connectivity index (χ1) is 11.7. The molecule has 5 nitrogen and oxygen atoms in total. The van der Waals surface area contributed by atoms with Crippen LogP contribution in [0.25, 0.3) is 33.3 Å². The number of aromatic amines is 1. The minimum atomic E-state index is -0.392. The Hall–Kier alpha value is -3.47. The molecule has 0 aliphatic rings. The van der Waals surface area contributed by atoms with Crippen molar-refractivity contribution in [3.63, 3.8) is 0 Å². The molecule has 0 saturated heterocycles. The van der Waals surface area contributed by atoms with Gasteiger partial charge >= 0.3 is 0 Å². The van der Waals surface area contributed by atoms with Gasteiger partial charge in [-0.3, -0.25) is 15.2 Å². The van der Waals surface area contributed by atoms with Crippen LogP contribution in [0.15, 0.2) is 72.8 Å². The molecule has 0 spiro atoms. The summed E-state index contributed by atoms with van der Waals surface area (Å²) in [5.41, 5.74) is 4.67. The van der Waals surface area contributed by atoms with Crippen LogP contribution in [0.2, 0.25) is 0 Å². The molecular formula is C19H13N3O2. The predicted octanol–water partition coefficient (Wildman–Crippen LogP) is 4.81. The van der Waals surface area contributed by atoms with Gasteiger partial charge in [0.1, 0.15) is 5.69 Å². The summed E-state index contributed by atoms with van der Waals surface area (Å²) in [4.78, 5) is 10.6. The average molecular weight is 315 g/mol. The standard InChI is InChI=1S/C19H13N3O2/c23-22(24)16-9-10-18-17(12-16)19(21-20-18)15-8-4-7-14(11-15)13-5-2-1-3-6-13/h1-12H,(H,20,21). The van der Waals surface area contributed by atoms with Crippen molar-refractivity contribution in [2.45, 2.75) is 0 Å². The summed E-state index contributed by atoms with van der Waals surface area (Å²) < 4.78 is 0. The number of nitro benzene ring substituents is 1. The fourth-order valence-electron chi connectivity index (χ4n) is 2.81. The Bertz CT molecular complexity index is 1040. The van der Waals surface area contributed by atoms with Gasteiger partial charge in [-0.15, -0.1) is 0 Å². The molecule has 0 radical (unpaired) electrons. The van der Waals surface area contributed by atoms with E-state index in [9.17, 15) is 10.1 Å². The summed E-state index contributed by atoms with van der Waals surface area (Å²) >= 11 is 0. The van der Waals surface area contributed by atoms with Gasteiger partial charge in [0.25, 0.3) is 5.69 Å². The summed E-state index contributed by atoms with van der Waals surface area (Å²) in [6.07, 6.45) is 0. The molecule has 0 fully saturated rings. The molecule has 5 heteroatoms. The Kier molecular flexibility index (Phi) is 3.31. The topological polar surface area (TPSA) is 71.8 Å². The zero-order chi connectivity index (χ0) is 16.5. The number of non-ortho nitro benzene ring substituents is 1. The minimum Gasteiger partial charge on any atom is -0.277 e. The van der Waals surface area contributed by atoms with E-state index < -0.39 is 4.92 Å². The number of rotatable bonds is 3. The lowest BCUT2D eigenvalue weighted by molar-refractivity contribution is -0.384. The highest BCUT2D eigenvalue weighted by molar-refractivity contribution is 5.94. The van der Waals surface area contributed by atoms with Gasteiger partial charge in [0.2, 0.25) is 0 Å². The molecule has 0 unspecified atom stereocenters. The molecule has 0 atom stereocenters. The number of nitro groups is 1. The molecular weight excluding hydrogens is 302 g/mol. The zero-order valence-electron chi connectivity index (χ0n) is 12.6. The fourth-order valence-corrected chi connectivity index (χ4v) is 2.81. The van der Waals surface area contributed by atoms with E-state index >= 15 is 0 Å². The van der Waals surface area contributed by atoms with Crippen LogP contribution in [0.3, 0.4) is 0 Å². The summed E-state index contributed by atoms with van der Waals surface area (Å²) in [7, 11) is 0. The maximum atomic E-state index is 11.0. The van der Waals surface area contributed by atoms with Gasteiger partial charge in [0.15, 0.2) is 0 Å². The second-order valence-electron chi connectivity index (χ2n) is 5.51. The maximum absolute atomic E-state index is 11.0. The highest BCUT2D eigenvalue weighted by Gasteiger charge is 2.13. The van der Waals surface area contributed by atoms with E-state index in [1.165, 1.54) is 6.07 Å². The molecule has 3 aromatic carbocycles. The molecule has 24 heavy (non-hydrogen) atoms. The molecule has 0 bridgehead atoms. The van der Waals surface area contributed by atoms with Crippen LogP contribution in [0.1, 0.15) is 0 Å². The number of aromatic nitrogens is 2. The van der Waals surface area contributed by atoms with Crippen molar-refractivity contribution < 1.29 is 4.92 Å². The number of nitrogens with zero attached hydrogens (tertiary/aromatic N) is 2. The van der Waals surface area contributed by atoms with E-state index in [1.54, 1.807) is 12.1 Å². The second kappa shape index (κ2) is 5.62. The molecule has 116 valence electrons. The SMILES string of the molecule is O=[N+]([O-])c1ccc2[nH]nc(-c3cccc(-c4ccccc4)c3)c2c1. The third-order valence-corrected chi connectivity index (χ3v) is 4.00. The first-order valence-corrected chi connectivity index (χ1v) is 7.51. The molecule has 0 amide bonds. The monoisotopic (exact) mass is 315 g/mol. The Morgan fingerprint density at radius 3 is 2.38 bits per heavy atom. The number of hydrogen-bond donors (Lipinski definition) is 1. The third kappa shape index (κ3) is 2.42. The van der Waals surface area contributed by atoms with Gasteiger partial charge in [0.05, 0.1) is 10.4 Å². The smallest absolute Gasteiger partial charge is 0.270 e. The van der Waals surface area contributed by atoms with E-state index in [-0.39, 0.29) is 5.69 Å². The Morgan fingerprint density at radius 1 is 0.833 bits per heavy atom. The van der Waals surface area contributed by atoms with Crippen LogP contribution in [0.4, 0.5) is 5.69 Å². The van der Waals surface area contributed by atoms with Crippen LogP contribution < -0.4 is 0 Å². The Balaban J connectivity index is 1.86. The summed E-state index contributed by atoms with van der Waals surface area (Å²) in [5.74, 6) is 0. The van der Waals surface area contributed by atoms with Crippen molar-refractivity contribution in [3.05, 3.63) is 82.9 Å². The number of fused-ring (bicyclic) bond motifs is 1. The van der Waals surface area contributed by atoms with Crippen LogP contribution in [-0.4, -0.2) is 15.1 Å². The van der Waals surface area contributed by atoms with E-state index in [2.05, 4.69) is 10.2 Å². The molecule has 4 aromatic rings. The molecule has 1 heterocycles. The van der Waals surface area contributed by atoms with Gasteiger partial charge in [-0.05, 0) is 23.3 Å². The van der Waals surface area contributed by atoms with E-state index in [4.69, 9.17) is 0 Å². The number of benzene rings is 3. The van der Waals surface area contributed by atoms with Crippen LogP contribution in [0.5, 0.6) is 0 Å². The van der Waals surface area contributed by atoms with Crippen molar-refractivity contribution in [2.75, 3.05) is 0 Å². The van der Waals surface area contributed by atoms with Crippen molar-refractivity contribution in [1.82, 2.24) is 10.2 Å². The molecule has 1 aromatic heterocycles. The summed E-state index contributed by atoms with van der Waals surface area (Å²) in [6, 6.07) is 22.8. The van der Waals surface area contributed by atoms with Gasteiger partial charge in [-0.2, -0.15) is 5.10 Å². The quantitative estimate of drug-likeness (QED) is 0.436. The third-order valence-electron chi connectivity index (χ3n) is 4.00. The van der Waals surface area contributed by atoms with Crippen LogP contribution in [-0.2, 0) is 0 Å². The van der Waals surface area contributed by atoms with Crippen molar-refractivity contribution in [1.29, 1.82) is 0 Å². The largest absolute Gasteiger partial charge is 0.277 e. The summed E-state index contributed by atoms with van der Waals surface area (Å²) in [5, 5.41) is 19.1. The van der Waals surface area contributed by atoms with Gasteiger partial charge < -0.3 is 0 Å². The molecule has 0 saturated carbocycles. The van der Waals surface area contributed by atoms with Crippen molar-refractivity contribution in [2.24, 2.45) is 0 Å². The van der Waals surface area contributed by atoms with Gasteiger partial charge in [-0.25, -0.2) is 0 Å². The lowest BCUT2D eigenvalue weighted by Crippen LogP contribution is -1.87. The predicted molar refractivity (Wildman–Crippen MR) is 93.6 cm³/mol. The molecule has 1 N–H and O–H groups in total. The van der Waals surface area contributed by atoms with Crippen molar-refractivity contribution >= 4 is 16.6 Å². The molecule has 4 rings (SSSR count). The number of hydrogen-bond acceptors (Lipinski definition) is 3. The van der Waals surface area contributed by atoms with Gasteiger partial charge in [0, 0.05) is 23.1 Å². The Morgan fingerprint density at radius 2 is 1.58 bits per heavy atom. The van der Waals surface area contributed by atoms with Gasteiger partial charge in [-0.1, -0.05) is 48.5 Å². The highest BCUT2D eigenvalue weighted by Crippen LogP contribution is 2.31. The fraction of sp³-hybridized carbons (Fsp3) is 0. The molecule has 0 aliphatic carbocycles. The Labute approximate surface area is 137 Å². The maximum Gasteiger partial charge on any atom is 0.270 e. The molecule has 0 aliphatic heterocycles. The minimum absolute atomic E-state index is 0.0596. The number of H-pyrrole nitrogens is 1. The lowest BCUT2D eigenvalue weighted by atomic mass is 10.0. The zero-order valence-corrected chi connectivity index (χ0v) is 12.6. The van der Waals surface area contributed by atoms with E-state index in [1.807, 2.05) is 54.6 Å². The summed E-state index contributed by atoms with van der Waals surface area (Å²) in [6.45, 7) is 0.